The zero-order valence-electron chi connectivity index (χ0n) is 16.4. The molecule has 0 saturated carbocycles. The predicted octanol–water partition coefficient (Wildman–Crippen LogP) is 6.06. The fourth-order valence-electron chi connectivity index (χ4n) is 3.69. The van der Waals surface area contributed by atoms with Gasteiger partial charge in [-0.3, -0.25) is 4.99 Å². The van der Waals surface area contributed by atoms with Crippen LogP contribution in [0.3, 0.4) is 0 Å². The number of nitrogens with one attached hydrogen (secondary N) is 1. The average molecular weight is 411 g/mol. The molecule has 0 saturated heterocycles. The van der Waals surface area contributed by atoms with Gasteiger partial charge in [-0.15, -0.1) is 0 Å². The third-order valence-electron chi connectivity index (χ3n) is 5.06. The Bertz CT molecular complexity index is 1380. The first kappa shape index (κ1) is 18.4. The van der Waals surface area contributed by atoms with E-state index in [1.54, 1.807) is 7.05 Å². The van der Waals surface area contributed by atoms with Crippen molar-refractivity contribution >= 4 is 34.0 Å². The second-order valence-corrected chi connectivity index (χ2v) is 7.42. The van der Waals surface area contributed by atoms with E-state index in [1.165, 1.54) is 0 Å². The number of halogens is 1. The third-order valence-corrected chi connectivity index (χ3v) is 5.30. The van der Waals surface area contributed by atoms with Crippen LogP contribution in [0.25, 0.3) is 28.1 Å². The summed E-state index contributed by atoms with van der Waals surface area (Å²) in [7, 11) is 1.80. The van der Waals surface area contributed by atoms with E-state index in [2.05, 4.69) is 33.1 Å². The first-order valence-corrected chi connectivity index (χ1v) is 10.1. The average Bonchev–Trinajstić information content (AvgIpc) is 2.78. The summed E-state index contributed by atoms with van der Waals surface area (Å²) in [4.78, 5) is 9.44. The normalized spacial score (nSPS) is 11.9. The number of benzene rings is 4. The quantitative estimate of drug-likeness (QED) is 0.367. The maximum Gasteiger partial charge on any atom is 0.0900 e. The Morgan fingerprint density at radius 3 is 2.33 bits per heavy atom. The number of para-hydroxylation sites is 2. The summed E-state index contributed by atoms with van der Waals surface area (Å²) in [5, 5.41) is 5.00. The monoisotopic (exact) mass is 410 g/mol. The molecule has 0 aromatic heterocycles. The molecule has 5 heteroatoms. The summed E-state index contributed by atoms with van der Waals surface area (Å²) >= 11 is 6.28. The van der Waals surface area contributed by atoms with Crippen LogP contribution in [-0.4, -0.2) is 16.6 Å². The maximum absolute atomic E-state index is 6.28. The number of anilines is 2. The number of aromatic nitrogens is 2. The molecule has 0 amide bonds. The minimum absolute atomic E-state index is 0.664. The van der Waals surface area contributed by atoms with E-state index in [1.807, 2.05) is 72.8 Å². The third kappa shape index (κ3) is 3.31. The largest absolute Gasteiger partial charge is 0.354 e. The van der Waals surface area contributed by atoms with Gasteiger partial charge in [0.25, 0.3) is 0 Å². The van der Waals surface area contributed by atoms with Gasteiger partial charge in [-0.1, -0.05) is 48.0 Å². The van der Waals surface area contributed by atoms with Crippen molar-refractivity contribution in [3.05, 3.63) is 101 Å². The lowest BCUT2D eigenvalue weighted by molar-refractivity contribution is 1.07. The summed E-state index contributed by atoms with van der Waals surface area (Å²) < 4.78 is 2.20. The Hall–Kier alpha value is -3.63. The summed E-state index contributed by atoms with van der Waals surface area (Å²) in [6, 6.07) is 30.3. The summed E-state index contributed by atoms with van der Waals surface area (Å²) in [5.41, 5.74) is 6.64. The fraction of sp³-hybridized carbons (Fsp3) is 0.0400. The van der Waals surface area contributed by atoms with Crippen molar-refractivity contribution < 1.29 is 0 Å². The van der Waals surface area contributed by atoms with Crippen LogP contribution in [0.15, 0.2) is 96.0 Å². The molecule has 0 bridgehead atoms. The first-order valence-electron chi connectivity index (χ1n) is 9.69. The molecular formula is C25H19ClN4. The van der Waals surface area contributed by atoms with Crippen molar-refractivity contribution in [2.45, 2.75) is 0 Å². The first-order chi connectivity index (χ1) is 14.7. The lowest BCUT2D eigenvalue weighted by Gasteiger charge is -2.20. The molecule has 5 rings (SSSR count). The Labute approximate surface area is 179 Å². The van der Waals surface area contributed by atoms with Crippen LogP contribution < -0.4 is 10.7 Å². The number of nitrogens with zero attached hydrogens (tertiary/aromatic N) is 3. The second kappa shape index (κ2) is 7.65. The Morgan fingerprint density at radius 2 is 1.60 bits per heavy atom. The molecule has 0 spiro atoms. The van der Waals surface area contributed by atoms with Gasteiger partial charge in [-0.05, 0) is 54.6 Å². The van der Waals surface area contributed by atoms with E-state index in [9.17, 15) is 0 Å². The summed E-state index contributed by atoms with van der Waals surface area (Å²) in [6.07, 6.45) is 0. The van der Waals surface area contributed by atoms with E-state index in [4.69, 9.17) is 16.6 Å². The molecule has 3 aromatic carbocycles. The van der Waals surface area contributed by atoms with Gasteiger partial charge in [-0.2, -0.15) is 0 Å². The van der Waals surface area contributed by atoms with Crippen LogP contribution in [0, 0.1) is 0 Å². The van der Waals surface area contributed by atoms with Gasteiger partial charge in [0, 0.05) is 23.4 Å². The van der Waals surface area contributed by atoms with E-state index < -0.39 is 0 Å². The standard InChI is InChI=1S/C25H19ClN4/c1-27-20-16-25-23(15-21(20)28-18-8-4-2-5-9-18)29-22-14-17(26)12-13-24(22)30(25)19-10-6-3-7-11-19/h2-16,28H,1H3/b27-20-. The van der Waals surface area contributed by atoms with Gasteiger partial charge in [0.05, 0.1) is 33.5 Å². The SMILES string of the molecule is C/N=c1/cc2n(-c3ccccc3)c3ccc(Cl)cc3nc-2cc1Nc1ccccc1. The van der Waals surface area contributed by atoms with Crippen LogP contribution in [0.5, 0.6) is 0 Å². The predicted molar refractivity (Wildman–Crippen MR) is 124 cm³/mol. The molecular weight excluding hydrogens is 392 g/mol. The van der Waals surface area contributed by atoms with Gasteiger partial charge in [0.15, 0.2) is 0 Å². The van der Waals surface area contributed by atoms with Crippen molar-refractivity contribution in [2.75, 3.05) is 12.4 Å². The van der Waals surface area contributed by atoms with Gasteiger partial charge in [0.2, 0.25) is 0 Å². The molecule has 4 nitrogen and oxygen atoms in total. The smallest absolute Gasteiger partial charge is 0.0900 e. The Morgan fingerprint density at radius 1 is 0.867 bits per heavy atom. The fourth-order valence-corrected chi connectivity index (χ4v) is 3.85. The molecule has 1 aliphatic carbocycles. The number of fused-ring (bicyclic) bond motifs is 2. The zero-order chi connectivity index (χ0) is 20.5. The highest BCUT2D eigenvalue weighted by Crippen LogP contribution is 2.31. The Kier molecular flexibility index (Phi) is 4.69. The molecule has 30 heavy (non-hydrogen) atoms. The van der Waals surface area contributed by atoms with Gasteiger partial charge < -0.3 is 9.88 Å². The summed E-state index contributed by atoms with van der Waals surface area (Å²) in [6.45, 7) is 0. The van der Waals surface area contributed by atoms with E-state index in [-0.39, 0.29) is 0 Å². The second-order valence-electron chi connectivity index (χ2n) is 6.99. The molecule has 146 valence electrons. The lowest BCUT2D eigenvalue weighted by atomic mass is 10.1. The van der Waals surface area contributed by atoms with Crippen molar-refractivity contribution in [2.24, 2.45) is 4.99 Å². The zero-order valence-corrected chi connectivity index (χ0v) is 17.1. The minimum atomic E-state index is 0.664. The van der Waals surface area contributed by atoms with Crippen molar-refractivity contribution in [3.8, 4) is 17.1 Å². The number of hydrogen-bond acceptors (Lipinski definition) is 3. The lowest BCUT2D eigenvalue weighted by Crippen LogP contribution is -2.14. The summed E-state index contributed by atoms with van der Waals surface area (Å²) in [5.74, 6) is 0. The highest BCUT2D eigenvalue weighted by Gasteiger charge is 2.16. The van der Waals surface area contributed by atoms with Crippen molar-refractivity contribution in [1.29, 1.82) is 0 Å². The molecule has 0 atom stereocenters. The van der Waals surface area contributed by atoms with Crippen molar-refractivity contribution in [3.63, 3.8) is 0 Å². The van der Waals surface area contributed by atoms with Crippen molar-refractivity contribution in [1.82, 2.24) is 9.55 Å². The van der Waals surface area contributed by atoms with E-state index in [0.717, 1.165) is 44.8 Å². The van der Waals surface area contributed by atoms with Crippen LogP contribution in [-0.2, 0) is 0 Å². The molecule has 1 heterocycles. The highest BCUT2D eigenvalue weighted by molar-refractivity contribution is 6.31. The molecule has 2 aliphatic rings. The van der Waals surface area contributed by atoms with Crippen LogP contribution >= 0.6 is 11.6 Å². The van der Waals surface area contributed by atoms with E-state index in [0.29, 0.717) is 5.02 Å². The van der Waals surface area contributed by atoms with Gasteiger partial charge >= 0.3 is 0 Å². The topological polar surface area (TPSA) is 42.2 Å². The maximum atomic E-state index is 6.28. The number of rotatable bonds is 3. The number of hydrogen-bond donors (Lipinski definition) is 1. The Balaban J connectivity index is 1.83. The van der Waals surface area contributed by atoms with Crippen LogP contribution in [0.1, 0.15) is 0 Å². The molecule has 0 fully saturated rings. The molecule has 3 aromatic rings. The van der Waals surface area contributed by atoms with Gasteiger partial charge in [-0.25, -0.2) is 4.98 Å². The molecule has 1 aliphatic heterocycles. The molecule has 0 radical (unpaired) electrons. The highest BCUT2D eigenvalue weighted by atomic mass is 35.5. The van der Waals surface area contributed by atoms with E-state index >= 15 is 0 Å². The molecule has 1 N–H and O–H groups in total. The van der Waals surface area contributed by atoms with Crippen LogP contribution in [0.4, 0.5) is 11.4 Å². The molecule has 0 unspecified atom stereocenters. The van der Waals surface area contributed by atoms with Gasteiger partial charge in [0.1, 0.15) is 0 Å². The van der Waals surface area contributed by atoms with Crippen LogP contribution in [0.2, 0.25) is 5.02 Å². The minimum Gasteiger partial charge on any atom is -0.354 e.